The molecule has 166 valence electrons. The first-order valence-corrected chi connectivity index (χ1v) is 11.8. The van der Waals surface area contributed by atoms with Crippen LogP contribution in [0.15, 0.2) is 12.1 Å². The van der Waals surface area contributed by atoms with Gasteiger partial charge in [0.1, 0.15) is 10.6 Å². The number of hydrogen-bond acceptors (Lipinski definition) is 8. The van der Waals surface area contributed by atoms with E-state index in [1.54, 1.807) is 4.57 Å². The summed E-state index contributed by atoms with van der Waals surface area (Å²) in [7, 11) is 0. The summed E-state index contributed by atoms with van der Waals surface area (Å²) >= 11 is 0.995. The first kappa shape index (κ1) is 22.3. The van der Waals surface area contributed by atoms with Crippen molar-refractivity contribution in [2.24, 2.45) is 0 Å². The predicted octanol–water partition coefficient (Wildman–Crippen LogP) is 2.52. The first-order valence-electron chi connectivity index (χ1n) is 9.55. The van der Waals surface area contributed by atoms with Crippen LogP contribution in [0.5, 0.6) is 11.5 Å². The quantitative estimate of drug-likeness (QED) is 0.268. The summed E-state index contributed by atoms with van der Waals surface area (Å²) in [6.07, 6.45) is -0.476. The van der Waals surface area contributed by atoms with Gasteiger partial charge in [0.2, 0.25) is 6.79 Å². The second kappa shape index (κ2) is 8.56. The molecule has 9 nitrogen and oxygen atoms in total. The number of halogens is 2. The molecule has 2 aromatic heterocycles. The van der Waals surface area contributed by atoms with Crippen LogP contribution in [0.3, 0.4) is 0 Å². The summed E-state index contributed by atoms with van der Waals surface area (Å²) in [5, 5.41) is 0. The van der Waals surface area contributed by atoms with Crippen LogP contribution in [0.25, 0.3) is 11.2 Å². The Morgan fingerprint density at radius 3 is 2.68 bits per heavy atom. The number of nitrogens with one attached hydrogen (secondary N) is 1. The van der Waals surface area contributed by atoms with E-state index in [-0.39, 0.29) is 12.6 Å². The molecule has 4 rings (SSSR count). The lowest BCUT2D eigenvalue weighted by Crippen LogP contribution is -2.40. The van der Waals surface area contributed by atoms with Crippen LogP contribution in [0.2, 0.25) is 0 Å². The maximum Gasteiger partial charge on any atom is 0.312 e. The van der Waals surface area contributed by atoms with Crippen molar-refractivity contribution in [3.8, 4) is 11.5 Å². The molecule has 1 atom stereocenters. The monoisotopic (exact) mass is 560 g/mol. The molecule has 0 amide bonds. The fourth-order valence-corrected chi connectivity index (χ4v) is 4.48. The van der Waals surface area contributed by atoms with Gasteiger partial charge in [-0.1, -0.05) is 0 Å². The normalized spacial score (nSPS) is 14.4. The Morgan fingerprint density at radius 1 is 1.26 bits per heavy atom. The molecule has 1 aromatic carbocycles. The van der Waals surface area contributed by atoms with Crippen LogP contribution in [-0.4, -0.2) is 42.2 Å². The minimum Gasteiger partial charge on any atom is -0.598 e. The number of ether oxygens (including phenoxy) is 2. The second-order valence-electron chi connectivity index (χ2n) is 7.98. The molecular formula is C19H22FIN6O3S. The summed E-state index contributed by atoms with van der Waals surface area (Å²) in [4.78, 5) is 12.1. The number of anilines is 1. The van der Waals surface area contributed by atoms with E-state index >= 15 is 0 Å². The first-order chi connectivity index (χ1) is 14.6. The third-order valence-electron chi connectivity index (χ3n) is 4.69. The van der Waals surface area contributed by atoms with Gasteiger partial charge in [-0.25, -0.2) is 4.98 Å². The molecule has 1 unspecified atom stereocenters. The topological polar surface area (TPSA) is 123 Å². The van der Waals surface area contributed by atoms with Crippen LogP contribution in [0.1, 0.15) is 32.2 Å². The maximum absolute atomic E-state index is 13.9. The molecule has 3 aromatic rings. The van der Waals surface area contributed by atoms with Gasteiger partial charge in [0.15, 0.2) is 28.5 Å². The van der Waals surface area contributed by atoms with Gasteiger partial charge in [0.25, 0.3) is 0 Å². The molecular weight excluding hydrogens is 538 g/mol. The van der Waals surface area contributed by atoms with E-state index in [0.29, 0.717) is 48.0 Å². The third-order valence-corrected chi connectivity index (χ3v) is 7.27. The van der Waals surface area contributed by atoms with Crippen molar-refractivity contribution in [3.63, 3.8) is 0 Å². The number of rotatable bonds is 6. The van der Waals surface area contributed by atoms with E-state index in [9.17, 15) is 8.94 Å². The number of imidazole rings is 1. The molecule has 1 aliphatic heterocycles. The zero-order chi connectivity index (χ0) is 22.3. The molecule has 0 bridgehead atoms. The van der Waals surface area contributed by atoms with Crippen LogP contribution in [-0.2, 0) is 24.3 Å². The fourth-order valence-electron chi connectivity index (χ4n) is 3.14. The highest BCUT2D eigenvalue weighted by molar-refractivity contribution is 14.1. The van der Waals surface area contributed by atoms with Crippen LogP contribution < -0.4 is 19.9 Å². The average molecular weight is 560 g/mol. The van der Waals surface area contributed by atoms with Crippen molar-refractivity contribution in [1.29, 1.82) is 0 Å². The molecule has 0 spiro atoms. The van der Waals surface area contributed by atoms with Crippen LogP contribution in [0, 0.1) is 9.65 Å². The minimum absolute atomic E-state index is 0.0193. The van der Waals surface area contributed by atoms with Gasteiger partial charge < -0.3 is 24.3 Å². The molecule has 3 N–H and O–H groups in total. The van der Waals surface area contributed by atoms with Gasteiger partial charge in [-0.3, -0.25) is 0 Å². The highest BCUT2D eigenvalue weighted by Gasteiger charge is 2.26. The van der Waals surface area contributed by atoms with E-state index in [1.165, 1.54) is 0 Å². The molecule has 0 radical (unpaired) electrons. The van der Waals surface area contributed by atoms with Gasteiger partial charge in [-0.15, -0.1) is 4.72 Å². The lowest BCUT2D eigenvalue weighted by Gasteiger charge is -2.23. The van der Waals surface area contributed by atoms with Crippen molar-refractivity contribution in [3.05, 3.63) is 33.2 Å². The molecule has 3 heterocycles. The summed E-state index contributed by atoms with van der Waals surface area (Å²) in [5.74, 6) is 1.99. The fraction of sp³-hybridized carbons (Fsp3) is 0.421. The number of fused-ring (bicyclic) bond motifs is 2. The Morgan fingerprint density at radius 2 is 1.97 bits per heavy atom. The largest absolute Gasteiger partial charge is 0.598 e. The van der Waals surface area contributed by atoms with Crippen molar-refractivity contribution < 1.29 is 18.4 Å². The third kappa shape index (κ3) is 4.66. The van der Waals surface area contributed by atoms with Gasteiger partial charge in [0.05, 0.1) is 6.54 Å². The molecule has 0 fully saturated rings. The number of hydrogen-bond donors (Lipinski definition) is 2. The molecule has 0 saturated carbocycles. The van der Waals surface area contributed by atoms with E-state index in [2.05, 4.69) is 42.3 Å². The zero-order valence-corrected chi connectivity index (χ0v) is 20.2. The number of nitrogen functional groups attached to an aromatic ring is 1. The second-order valence-corrected chi connectivity index (χ2v) is 11.2. The summed E-state index contributed by atoms with van der Waals surface area (Å²) in [5.41, 5.74) is 7.51. The standard InChI is InChI=1S/C19H22FIN6O3S/c1-19(2,3)31(28)23-4-5-27-14(24-15-16(22)25-18(20)26-17(15)27)7-10-6-12-13(8-11(10)21)30-9-29-12/h6,8,23H,4-5,7,9H2,1-3H3,(H2,22,25,26). The summed E-state index contributed by atoms with van der Waals surface area (Å²) in [6.45, 7) is 6.61. The smallest absolute Gasteiger partial charge is 0.312 e. The number of nitrogens with two attached hydrogens (primary N) is 1. The van der Waals surface area contributed by atoms with Crippen molar-refractivity contribution in [2.45, 2.75) is 38.5 Å². The van der Waals surface area contributed by atoms with E-state index in [1.807, 2.05) is 32.9 Å². The van der Waals surface area contributed by atoms with Crippen molar-refractivity contribution in [2.75, 3.05) is 19.1 Å². The van der Waals surface area contributed by atoms with Crippen LogP contribution in [0.4, 0.5) is 10.2 Å². The Labute approximate surface area is 195 Å². The predicted molar refractivity (Wildman–Crippen MR) is 124 cm³/mol. The van der Waals surface area contributed by atoms with E-state index in [0.717, 1.165) is 9.13 Å². The lowest BCUT2D eigenvalue weighted by atomic mass is 10.1. The molecule has 1 aliphatic rings. The lowest BCUT2D eigenvalue weighted by molar-refractivity contribution is 0.174. The summed E-state index contributed by atoms with van der Waals surface area (Å²) < 4.78 is 42.5. The highest BCUT2D eigenvalue weighted by atomic mass is 127. The van der Waals surface area contributed by atoms with Crippen molar-refractivity contribution in [1.82, 2.24) is 24.2 Å². The Bertz CT molecular complexity index is 1140. The number of aromatic nitrogens is 4. The zero-order valence-electron chi connectivity index (χ0n) is 17.2. The Kier molecular flexibility index (Phi) is 6.16. The van der Waals surface area contributed by atoms with E-state index < -0.39 is 22.2 Å². The van der Waals surface area contributed by atoms with Gasteiger partial charge >= 0.3 is 6.08 Å². The molecule has 0 aliphatic carbocycles. The highest BCUT2D eigenvalue weighted by Crippen LogP contribution is 2.36. The number of benzene rings is 1. The summed E-state index contributed by atoms with van der Waals surface area (Å²) in [6, 6.07) is 3.82. The van der Waals surface area contributed by atoms with Gasteiger partial charge in [0, 0.05) is 27.9 Å². The van der Waals surface area contributed by atoms with Gasteiger partial charge in [-0.05, 0) is 61.1 Å². The average Bonchev–Trinajstić information content (AvgIpc) is 3.26. The SMILES string of the molecule is CC(C)(C)[S+]([O-])NCCn1c(Cc2cc3c(cc2I)OCO3)nc2c(N)nc(F)nc21. The number of nitrogens with zero attached hydrogens (tertiary/aromatic N) is 4. The molecule has 31 heavy (non-hydrogen) atoms. The van der Waals surface area contributed by atoms with E-state index in [4.69, 9.17) is 15.2 Å². The molecule has 0 saturated heterocycles. The Hall–Kier alpha value is -1.90. The van der Waals surface area contributed by atoms with Crippen molar-refractivity contribution >= 4 is 50.9 Å². The molecule has 12 heteroatoms. The van der Waals surface area contributed by atoms with Crippen LogP contribution >= 0.6 is 22.6 Å². The Balaban J connectivity index is 1.68. The van der Waals surface area contributed by atoms with Gasteiger partial charge in [-0.2, -0.15) is 14.4 Å². The minimum atomic E-state index is -1.24. The maximum atomic E-state index is 13.9.